The van der Waals surface area contributed by atoms with Crippen LogP contribution in [-0.2, 0) is 0 Å². The van der Waals surface area contributed by atoms with Crippen molar-refractivity contribution in [3.63, 3.8) is 0 Å². The van der Waals surface area contributed by atoms with Gasteiger partial charge in [0.2, 0.25) is 0 Å². The molecule has 0 aromatic carbocycles. The van der Waals surface area contributed by atoms with E-state index in [1.807, 2.05) is 0 Å². The van der Waals surface area contributed by atoms with Crippen LogP contribution in [0, 0.1) is 5.41 Å². The van der Waals surface area contributed by atoms with Crippen LogP contribution >= 0.6 is 11.3 Å². The Bertz CT molecular complexity index is 530. The molecule has 1 aliphatic rings. The van der Waals surface area contributed by atoms with Gasteiger partial charge in [0.25, 0.3) is 0 Å². The van der Waals surface area contributed by atoms with Crippen molar-refractivity contribution >= 4 is 27.8 Å². The van der Waals surface area contributed by atoms with Crippen LogP contribution in [0.1, 0.15) is 54.8 Å². The van der Waals surface area contributed by atoms with Gasteiger partial charge < -0.3 is 16.0 Å². The van der Waals surface area contributed by atoms with E-state index in [1.165, 1.54) is 29.7 Å². The van der Waals surface area contributed by atoms with Crippen LogP contribution < -0.4 is 11.1 Å². The number of hydrogen-bond acceptors (Lipinski definition) is 5. The number of nitrogens with one attached hydrogen (secondary N) is 1. The highest BCUT2D eigenvalue weighted by molar-refractivity contribution is 7.18. The summed E-state index contributed by atoms with van der Waals surface area (Å²) in [4.78, 5) is 14.6. The maximum atomic E-state index is 11.7. The summed E-state index contributed by atoms with van der Waals surface area (Å²) in [6.45, 7) is 7.99. The van der Waals surface area contributed by atoms with Crippen molar-refractivity contribution in [1.82, 2.24) is 4.90 Å². The standard InChI is InChI=1S/C16H27N3OS/c1-10(20)14-13(17)12(11-6-7-11)15(21-14)18-8-16(2,3)9-19(4)5/h11,18H,6-9,17H2,1-5H3. The molecule has 4 nitrogen and oxygen atoms in total. The average Bonchev–Trinajstić information content (AvgIpc) is 3.09. The highest BCUT2D eigenvalue weighted by Gasteiger charge is 2.32. The molecule has 1 fully saturated rings. The second kappa shape index (κ2) is 5.97. The van der Waals surface area contributed by atoms with Gasteiger partial charge in [-0.15, -0.1) is 11.3 Å². The monoisotopic (exact) mass is 309 g/mol. The maximum Gasteiger partial charge on any atom is 0.171 e. The van der Waals surface area contributed by atoms with Gasteiger partial charge in [-0.25, -0.2) is 0 Å². The molecular weight excluding hydrogens is 282 g/mol. The molecule has 1 saturated carbocycles. The minimum absolute atomic E-state index is 0.0694. The number of nitrogen functional groups attached to an aromatic ring is 1. The Balaban J connectivity index is 2.16. The number of carbonyl (C=O) groups excluding carboxylic acids is 1. The summed E-state index contributed by atoms with van der Waals surface area (Å²) in [7, 11) is 4.18. The lowest BCUT2D eigenvalue weighted by Crippen LogP contribution is -2.34. The average molecular weight is 309 g/mol. The van der Waals surface area contributed by atoms with E-state index in [9.17, 15) is 4.79 Å². The molecule has 1 aromatic rings. The van der Waals surface area contributed by atoms with Gasteiger partial charge in [-0.05, 0) is 38.3 Å². The molecule has 118 valence electrons. The van der Waals surface area contributed by atoms with E-state index in [0.29, 0.717) is 16.5 Å². The van der Waals surface area contributed by atoms with Crippen LogP contribution in [0.25, 0.3) is 0 Å². The van der Waals surface area contributed by atoms with Crippen molar-refractivity contribution in [2.45, 2.75) is 39.5 Å². The lowest BCUT2D eigenvalue weighted by Gasteiger charge is -2.28. The first-order valence-electron chi connectivity index (χ1n) is 7.53. The Morgan fingerprint density at radius 1 is 1.43 bits per heavy atom. The summed E-state index contributed by atoms with van der Waals surface area (Å²) in [5, 5.41) is 4.66. The number of hydrogen-bond donors (Lipinski definition) is 2. The molecule has 2 rings (SSSR count). The summed E-state index contributed by atoms with van der Waals surface area (Å²) >= 11 is 1.52. The molecule has 21 heavy (non-hydrogen) atoms. The summed E-state index contributed by atoms with van der Waals surface area (Å²) in [5.41, 5.74) is 8.27. The zero-order valence-corrected chi connectivity index (χ0v) is 14.6. The van der Waals surface area contributed by atoms with Crippen molar-refractivity contribution in [2.75, 3.05) is 38.2 Å². The Labute approximate surface area is 131 Å². The number of anilines is 2. The fourth-order valence-corrected chi connectivity index (χ4v) is 3.96. The predicted molar refractivity (Wildman–Crippen MR) is 91.5 cm³/mol. The van der Waals surface area contributed by atoms with Crippen LogP contribution in [0.2, 0.25) is 0 Å². The quantitative estimate of drug-likeness (QED) is 0.758. The van der Waals surface area contributed by atoms with E-state index in [1.54, 1.807) is 6.92 Å². The third-order valence-electron chi connectivity index (χ3n) is 3.76. The summed E-state index contributed by atoms with van der Waals surface area (Å²) in [6, 6.07) is 0. The number of nitrogens with two attached hydrogens (primary N) is 1. The summed E-state index contributed by atoms with van der Waals surface area (Å²) in [6.07, 6.45) is 2.38. The number of thiophene rings is 1. The van der Waals surface area contributed by atoms with Crippen LogP contribution in [0.3, 0.4) is 0 Å². The molecule has 1 aromatic heterocycles. The Hall–Kier alpha value is -1.07. The Morgan fingerprint density at radius 3 is 2.52 bits per heavy atom. The molecule has 0 amide bonds. The van der Waals surface area contributed by atoms with E-state index >= 15 is 0 Å². The highest BCUT2D eigenvalue weighted by atomic mass is 32.1. The zero-order valence-electron chi connectivity index (χ0n) is 13.7. The van der Waals surface area contributed by atoms with Gasteiger partial charge in [0.05, 0.1) is 15.6 Å². The molecule has 0 saturated heterocycles. The van der Waals surface area contributed by atoms with Crippen molar-refractivity contribution in [2.24, 2.45) is 5.41 Å². The molecule has 0 radical (unpaired) electrons. The molecular formula is C16H27N3OS. The smallest absolute Gasteiger partial charge is 0.171 e. The van der Waals surface area contributed by atoms with Crippen LogP contribution in [0.15, 0.2) is 0 Å². The van der Waals surface area contributed by atoms with Crippen LogP contribution in [-0.4, -0.2) is 37.9 Å². The van der Waals surface area contributed by atoms with Gasteiger partial charge >= 0.3 is 0 Å². The van der Waals surface area contributed by atoms with Gasteiger partial charge in [0.1, 0.15) is 0 Å². The number of carbonyl (C=O) groups is 1. The third-order valence-corrected chi connectivity index (χ3v) is 5.04. The van der Waals surface area contributed by atoms with Crippen LogP contribution in [0.5, 0.6) is 0 Å². The highest BCUT2D eigenvalue weighted by Crippen LogP contribution is 2.51. The molecule has 0 unspecified atom stereocenters. The van der Waals surface area contributed by atoms with Gasteiger partial charge in [0, 0.05) is 25.6 Å². The normalized spacial score (nSPS) is 15.5. The molecule has 0 aliphatic heterocycles. The molecule has 0 bridgehead atoms. The van der Waals surface area contributed by atoms with Crippen molar-refractivity contribution in [1.29, 1.82) is 0 Å². The minimum Gasteiger partial charge on any atom is -0.397 e. The van der Waals surface area contributed by atoms with Gasteiger partial charge in [-0.1, -0.05) is 13.8 Å². The topological polar surface area (TPSA) is 58.4 Å². The zero-order chi connectivity index (χ0) is 15.8. The molecule has 1 heterocycles. The Kier molecular flexibility index (Phi) is 4.63. The van der Waals surface area contributed by atoms with Crippen molar-refractivity contribution in [3.05, 3.63) is 10.4 Å². The van der Waals surface area contributed by atoms with Crippen LogP contribution in [0.4, 0.5) is 10.7 Å². The second-order valence-corrected chi connectivity index (χ2v) is 8.19. The van der Waals surface area contributed by atoms with E-state index in [2.05, 4.69) is 38.2 Å². The first-order valence-corrected chi connectivity index (χ1v) is 8.34. The fraction of sp³-hybridized carbons (Fsp3) is 0.688. The number of ketones is 1. The lowest BCUT2D eigenvalue weighted by atomic mass is 9.93. The first-order chi connectivity index (χ1) is 9.71. The molecule has 0 spiro atoms. The maximum absolute atomic E-state index is 11.7. The summed E-state index contributed by atoms with van der Waals surface area (Å²) < 4.78 is 0. The SMILES string of the molecule is CC(=O)c1sc(NCC(C)(C)CN(C)C)c(C2CC2)c1N. The van der Waals surface area contributed by atoms with Gasteiger partial charge in [-0.3, -0.25) is 4.79 Å². The van der Waals surface area contributed by atoms with E-state index < -0.39 is 0 Å². The predicted octanol–water partition coefficient (Wildman–Crippen LogP) is 3.41. The first kappa shape index (κ1) is 16.3. The number of Topliss-reactive ketones (excluding diaryl/α,β-unsaturated/α-hetero) is 1. The van der Waals surface area contributed by atoms with Crippen molar-refractivity contribution in [3.8, 4) is 0 Å². The number of rotatable bonds is 7. The number of nitrogens with zero attached hydrogens (tertiary/aromatic N) is 1. The van der Waals surface area contributed by atoms with E-state index in [4.69, 9.17) is 5.73 Å². The molecule has 5 heteroatoms. The minimum atomic E-state index is 0.0694. The van der Waals surface area contributed by atoms with Crippen molar-refractivity contribution < 1.29 is 4.79 Å². The van der Waals surface area contributed by atoms with E-state index in [-0.39, 0.29) is 11.2 Å². The van der Waals surface area contributed by atoms with Gasteiger partial charge in [0.15, 0.2) is 5.78 Å². The third kappa shape index (κ3) is 3.98. The fourth-order valence-electron chi connectivity index (χ4n) is 2.86. The molecule has 3 N–H and O–H groups in total. The van der Waals surface area contributed by atoms with E-state index in [0.717, 1.165) is 18.1 Å². The molecule has 0 atom stereocenters. The van der Waals surface area contributed by atoms with Gasteiger partial charge in [-0.2, -0.15) is 0 Å². The largest absolute Gasteiger partial charge is 0.397 e. The Morgan fingerprint density at radius 2 is 2.05 bits per heavy atom. The second-order valence-electron chi connectivity index (χ2n) is 7.17. The lowest BCUT2D eigenvalue weighted by molar-refractivity contribution is 0.102. The summed E-state index contributed by atoms with van der Waals surface area (Å²) in [5.74, 6) is 0.619. The molecule has 1 aliphatic carbocycles.